The molecule has 15 nitrogen and oxygen atoms in total. The van der Waals surface area contributed by atoms with E-state index >= 15 is 0 Å². The Bertz CT molecular complexity index is 2360. The molecule has 3 aromatic heterocycles. The van der Waals surface area contributed by atoms with Gasteiger partial charge in [-0.1, -0.05) is 26.5 Å². The van der Waals surface area contributed by atoms with E-state index in [0.29, 0.717) is 79.1 Å². The van der Waals surface area contributed by atoms with Gasteiger partial charge in [-0.2, -0.15) is 0 Å². The lowest BCUT2D eigenvalue weighted by Crippen LogP contribution is -2.60. The van der Waals surface area contributed by atoms with Gasteiger partial charge in [0.15, 0.2) is 5.82 Å². The second-order valence-electron chi connectivity index (χ2n) is 16.5. The van der Waals surface area contributed by atoms with E-state index in [2.05, 4.69) is 45.5 Å². The molecule has 3 amide bonds. The molecule has 4 aliphatic rings. The average molecular weight is 776 g/mol. The molecule has 1 aliphatic carbocycles. The maximum atomic E-state index is 14.0. The van der Waals surface area contributed by atoms with Crippen LogP contribution in [0.25, 0.3) is 11.3 Å². The van der Waals surface area contributed by atoms with Crippen molar-refractivity contribution in [1.29, 1.82) is 0 Å². The summed E-state index contributed by atoms with van der Waals surface area (Å²) in [5.41, 5.74) is 5.78. The molecule has 57 heavy (non-hydrogen) atoms. The van der Waals surface area contributed by atoms with Gasteiger partial charge in [0.2, 0.25) is 11.8 Å². The van der Waals surface area contributed by atoms with Crippen molar-refractivity contribution >= 4 is 40.7 Å². The molecule has 15 heteroatoms. The number of ether oxygens (including phenoxy) is 1. The van der Waals surface area contributed by atoms with E-state index in [-0.39, 0.29) is 41.2 Å². The second kappa shape index (κ2) is 14.7. The molecule has 0 saturated carbocycles. The van der Waals surface area contributed by atoms with Gasteiger partial charge in [0.1, 0.15) is 11.5 Å². The lowest BCUT2D eigenvalue weighted by Gasteiger charge is -2.48. The van der Waals surface area contributed by atoms with E-state index in [1.807, 2.05) is 30.9 Å². The maximum Gasteiger partial charge on any atom is 0.293 e. The number of nitrogens with zero attached hydrogens (tertiary/aromatic N) is 7. The first-order chi connectivity index (χ1) is 27.3. The molecule has 8 rings (SSSR count). The molecule has 2 fully saturated rings. The molecule has 1 atom stereocenters. The minimum absolute atomic E-state index is 0.00289. The van der Waals surface area contributed by atoms with Gasteiger partial charge < -0.3 is 34.5 Å². The van der Waals surface area contributed by atoms with Crippen LogP contribution in [0.2, 0.25) is 0 Å². The quantitative estimate of drug-likeness (QED) is 0.202. The number of aliphatic hydroxyl groups is 1. The topological polar surface area (TPSA) is 167 Å². The zero-order valence-electron chi connectivity index (χ0n) is 33.0. The summed E-state index contributed by atoms with van der Waals surface area (Å²) < 4.78 is 8.96. The second-order valence-corrected chi connectivity index (χ2v) is 16.5. The Kier molecular flexibility index (Phi) is 9.86. The smallest absolute Gasteiger partial charge is 0.293 e. The molecule has 6 heterocycles. The Morgan fingerprint density at radius 3 is 2.61 bits per heavy atom. The normalized spacial score (nSPS) is 19.4. The van der Waals surface area contributed by atoms with E-state index in [1.54, 1.807) is 42.5 Å². The number of aryl methyl sites for hydroxylation is 1. The molecular weight excluding hydrogens is 727 g/mol. The molecule has 0 spiro atoms. The summed E-state index contributed by atoms with van der Waals surface area (Å²) in [6.07, 6.45) is 6.18. The molecule has 298 valence electrons. The number of pyridine rings is 1. The summed E-state index contributed by atoms with van der Waals surface area (Å²) in [5.74, 6) is -0.260. The number of hydrogen-bond acceptors (Lipinski definition) is 10. The Labute approximate surface area is 331 Å². The number of anilines is 4. The van der Waals surface area contributed by atoms with Crippen LogP contribution in [-0.4, -0.2) is 96.7 Å². The van der Waals surface area contributed by atoms with Crippen LogP contribution < -0.4 is 21.1 Å². The first-order valence-corrected chi connectivity index (χ1v) is 19.4. The van der Waals surface area contributed by atoms with Gasteiger partial charge in [0.05, 0.1) is 44.1 Å². The minimum atomic E-state index is -0.426. The van der Waals surface area contributed by atoms with Crippen LogP contribution in [0.15, 0.2) is 60.2 Å². The number of benzene rings is 1. The van der Waals surface area contributed by atoms with Crippen molar-refractivity contribution in [2.45, 2.75) is 71.8 Å². The number of nitrogens with one attached hydrogen (secondary N) is 2. The highest BCUT2D eigenvalue weighted by molar-refractivity contribution is 6.06. The van der Waals surface area contributed by atoms with Gasteiger partial charge in [-0.15, -0.1) is 0 Å². The lowest BCUT2D eigenvalue weighted by molar-refractivity contribution is -0.150. The third kappa shape index (κ3) is 6.93. The van der Waals surface area contributed by atoms with Crippen LogP contribution in [0.4, 0.5) is 23.0 Å². The monoisotopic (exact) mass is 775 g/mol. The van der Waals surface area contributed by atoms with E-state index in [1.165, 1.54) is 21.9 Å². The number of rotatable bonds is 10. The molecule has 1 aromatic carbocycles. The summed E-state index contributed by atoms with van der Waals surface area (Å²) in [7, 11) is 1.61. The van der Waals surface area contributed by atoms with Crippen LogP contribution in [0.1, 0.15) is 66.6 Å². The number of piperazine rings is 1. The van der Waals surface area contributed by atoms with Crippen LogP contribution in [0.5, 0.6) is 0 Å². The zero-order chi connectivity index (χ0) is 40.3. The van der Waals surface area contributed by atoms with Crippen LogP contribution in [0, 0.1) is 5.41 Å². The molecule has 3 aliphatic heterocycles. The minimum Gasteiger partial charge on any atom is -0.392 e. The Hall–Kier alpha value is -5.64. The van der Waals surface area contributed by atoms with E-state index in [0.717, 1.165) is 18.4 Å². The standard InChI is InChI=1S/C42H49N9O6/c1-7-36(53)45-31-15-26(8-9-29(31)35-19-48(27-22-57-23-27)20-37(54)51(35)24(2)3)44-38-41(56)47(6)18-32(46-38)28-10-11-43-39(30(28)21-52)50-13-12-49-33(40(50)55)14-25-16-42(4,5)17-34(25)49/h7-11,14-15,18,24,27,35,52H,1,12-13,16-17,19-23H2,2-6H3,(H,44,46)(H,45,53)/t35-/m0/s1. The Morgan fingerprint density at radius 1 is 1.12 bits per heavy atom. The van der Waals surface area contributed by atoms with Gasteiger partial charge in [-0.05, 0) is 73.6 Å². The van der Waals surface area contributed by atoms with Gasteiger partial charge in [-0.3, -0.25) is 29.0 Å². The number of aromatic nitrogens is 4. The number of hydrogen-bond donors (Lipinski definition) is 3. The third-order valence-corrected chi connectivity index (χ3v) is 11.6. The highest BCUT2D eigenvalue weighted by atomic mass is 16.5. The predicted molar refractivity (Wildman–Crippen MR) is 215 cm³/mol. The summed E-state index contributed by atoms with van der Waals surface area (Å²) in [6, 6.07) is 8.77. The molecule has 4 aromatic rings. The molecule has 0 unspecified atom stereocenters. The van der Waals surface area contributed by atoms with Crippen molar-refractivity contribution in [3.63, 3.8) is 0 Å². The number of carbonyl (C=O) groups excluding carboxylic acids is 3. The summed E-state index contributed by atoms with van der Waals surface area (Å²) in [6.45, 7) is 14.6. The van der Waals surface area contributed by atoms with E-state index in [4.69, 9.17) is 9.72 Å². The van der Waals surface area contributed by atoms with Crippen molar-refractivity contribution in [3.8, 4) is 11.3 Å². The molecule has 0 bridgehead atoms. The van der Waals surface area contributed by atoms with Crippen LogP contribution >= 0.6 is 0 Å². The van der Waals surface area contributed by atoms with Crippen LogP contribution in [-0.2, 0) is 47.4 Å². The molecule has 2 saturated heterocycles. The summed E-state index contributed by atoms with van der Waals surface area (Å²) in [5, 5.41) is 16.8. The zero-order valence-corrected chi connectivity index (χ0v) is 33.0. The predicted octanol–water partition coefficient (Wildman–Crippen LogP) is 3.78. The fourth-order valence-corrected chi connectivity index (χ4v) is 8.81. The third-order valence-electron chi connectivity index (χ3n) is 11.6. The highest BCUT2D eigenvalue weighted by Gasteiger charge is 2.41. The largest absolute Gasteiger partial charge is 0.392 e. The number of amides is 3. The van der Waals surface area contributed by atoms with Gasteiger partial charge >= 0.3 is 0 Å². The van der Waals surface area contributed by atoms with Crippen molar-refractivity contribution in [3.05, 3.63) is 93.8 Å². The van der Waals surface area contributed by atoms with Crippen molar-refractivity contribution < 1.29 is 24.2 Å². The van der Waals surface area contributed by atoms with Crippen molar-refractivity contribution in [2.75, 3.05) is 48.4 Å². The SMILES string of the molecule is C=CC(=O)Nc1cc(Nc2nc(-c3ccnc(N4CCn5c(cc6c5CC(C)(C)C6)C4=O)c3CO)cn(C)c2=O)ccc1[C@@H]1CN(C2COC2)CC(=O)N1C(C)C. The number of carbonyl (C=O) groups is 3. The first-order valence-electron chi connectivity index (χ1n) is 19.4. The number of fused-ring (bicyclic) bond motifs is 3. The fourth-order valence-electron chi connectivity index (χ4n) is 8.81. The Morgan fingerprint density at radius 2 is 1.91 bits per heavy atom. The highest BCUT2D eigenvalue weighted by Crippen LogP contribution is 2.41. The summed E-state index contributed by atoms with van der Waals surface area (Å²) in [4.78, 5) is 68.7. The van der Waals surface area contributed by atoms with Crippen molar-refractivity contribution in [2.24, 2.45) is 12.5 Å². The molecule has 3 N–H and O–H groups in total. The van der Waals surface area contributed by atoms with Gasteiger partial charge in [-0.25, -0.2) is 9.97 Å². The maximum absolute atomic E-state index is 14.0. The number of aliphatic hydroxyl groups excluding tert-OH is 1. The van der Waals surface area contributed by atoms with Gasteiger partial charge in [0.25, 0.3) is 11.5 Å². The first kappa shape index (κ1) is 38.2. The molecule has 0 radical (unpaired) electrons. The molecular formula is C42H49N9O6. The van der Waals surface area contributed by atoms with Gasteiger partial charge in [0, 0.05) is 73.3 Å². The van der Waals surface area contributed by atoms with E-state index < -0.39 is 18.1 Å². The van der Waals surface area contributed by atoms with E-state index in [9.17, 15) is 24.3 Å². The average Bonchev–Trinajstić information content (AvgIpc) is 3.64. The summed E-state index contributed by atoms with van der Waals surface area (Å²) >= 11 is 0. The fraction of sp³-hybridized carbons (Fsp3) is 0.429. The van der Waals surface area contributed by atoms with Crippen LogP contribution in [0.3, 0.4) is 0 Å². The van der Waals surface area contributed by atoms with Crippen molar-refractivity contribution in [1.82, 2.24) is 28.9 Å². The Balaban J connectivity index is 1.12. The lowest BCUT2D eigenvalue weighted by atomic mass is 9.90.